The van der Waals surface area contributed by atoms with Gasteiger partial charge in [-0.2, -0.15) is 0 Å². The van der Waals surface area contributed by atoms with Gasteiger partial charge in [0, 0.05) is 23.5 Å². The van der Waals surface area contributed by atoms with Crippen LogP contribution in [0, 0.1) is 6.92 Å². The van der Waals surface area contributed by atoms with Crippen molar-refractivity contribution in [1.82, 2.24) is 9.97 Å². The van der Waals surface area contributed by atoms with E-state index in [4.69, 9.17) is 0 Å². The van der Waals surface area contributed by atoms with E-state index in [9.17, 15) is 0 Å². The average molecular weight is 322 g/mol. The van der Waals surface area contributed by atoms with Crippen LogP contribution < -0.4 is 0 Å². The zero-order valence-corrected chi connectivity index (χ0v) is 14.1. The minimum Gasteiger partial charge on any atom is -0.256 e. The Bertz CT molecular complexity index is 935. The van der Waals surface area contributed by atoms with E-state index in [0.717, 1.165) is 22.5 Å². The maximum absolute atomic E-state index is 4.52. The lowest BCUT2D eigenvalue weighted by molar-refractivity contribution is 1.31. The number of hydrogen-bond donors (Lipinski definition) is 0. The molecule has 0 aliphatic heterocycles. The number of rotatable bonds is 3. The van der Waals surface area contributed by atoms with E-state index in [-0.39, 0.29) is 0 Å². The van der Waals surface area contributed by atoms with Crippen LogP contribution in [-0.4, -0.2) is 9.97 Å². The molecule has 0 bridgehead atoms. The Balaban J connectivity index is 1.94. The van der Waals surface area contributed by atoms with E-state index in [0.29, 0.717) is 0 Å². The molecule has 0 saturated carbocycles. The van der Waals surface area contributed by atoms with E-state index in [1.54, 1.807) is 0 Å². The number of pyridine rings is 2. The first-order valence-electron chi connectivity index (χ1n) is 8.35. The molecule has 0 N–H and O–H groups in total. The van der Waals surface area contributed by atoms with Gasteiger partial charge in [0.25, 0.3) is 0 Å². The van der Waals surface area contributed by atoms with Gasteiger partial charge in [-0.3, -0.25) is 9.97 Å². The average Bonchev–Trinajstić information content (AvgIpc) is 2.69. The standard InChI is InChI=1S/C23H18N2/c1-17-8-2-3-9-21(17)18-14-19(22-10-4-6-12-24-22)16-20(15-18)23-11-5-7-13-25-23/h2-16H,1H3. The fraction of sp³-hybridized carbons (Fsp3) is 0.0435. The third-order valence-electron chi connectivity index (χ3n) is 4.31. The van der Waals surface area contributed by atoms with Crippen molar-refractivity contribution >= 4 is 0 Å². The lowest BCUT2D eigenvalue weighted by Crippen LogP contribution is -1.90. The van der Waals surface area contributed by atoms with Gasteiger partial charge >= 0.3 is 0 Å². The lowest BCUT2D eigenvalue weighted by atomic mass is 9.94. The molecule has 25 heavy (non-hydrogen) atoms. The number of nitrogens with zero attached hydrogens (tertiary/aromatic N) is 2. The summed E-state index contributed by atoms with van der Waals surface area (Å²) in [5.41, 5.74) is 7.81. The Morgan fingerprint density at radius 2 is 1.08 bits per heavy atom. The third-order valence-corrected chi connectivity index (χ3v) is 4.31. The topological polar surface area (TPSA) is 25.8 Å². The summed E-state index contributed by atoms with van der Waals surface area (Å²) in [6.45, 7) is 2.14. The summed E-state index contributed by atoms with van der Waals surface area (Å²) >= 11 is 0. The van der Waals surface area contributed by atoms with Crippen LogP contribution in [0.25, 0.3) is 33.6 Å². The van der Waals surface area contributed by atoms with Gasteiger partial charge in [-0.15, -0.1) is 0 Å². The molecule has 0 saturated heterocycles. The van der Waals surface area contributed by atoms with Gasteiger partial charge in [-0.05, 0) is 66.1 Å². The molecule has 4 aromatic rings. The van der Waals surface area contributed by atoms with Crippen LogP contribution in [0.15, 0.2) is 91.3 Å². The fourth-order valence-electron chi connectivity index (χ4n) is 3.04. The summed E-state index contributed by atoms with van der Waals surface area (Å²) in [6.07, 6.45) is 3.66. The minimum atomic E-state index is 0.968. The van der Waals surface area contributed by atoms with Crippen molar-refractivity contribution in [2.45, 2.75) is 6.92 Å². The van der Waals surface area contributed by atoms with Crippen LogP contribution in [0.2, 0.25) is 0 Å². The first-order valence-corrected chi connectivity index (χ1v) is 8.35. The summed E-state index contributed by atoms with van der Waals surface area (Å²) in [7, 11) is 0. The van der Waals surface area contributed by atoms with Gasteiger partial charge in [-0.25, -0.2) is 0 Å². The highest BCUT2D eigenvalue weighted by molar-refractivity contribution is 5.80. The molecule has 0 aliphatic carbocycles. The van der Waals surface area contributed by atoms with Gasteiger partial charge in [0.05, 0.1) is 11.4 Å². The number of aromatic nitrogens is 2. The molecule has 2 aromatic heterocycles. The first-order chi connectivity index (χ1) is 12.3. The summed E-state index contributed by atoms with van der Waals surface area (Å²) in [4.78, 5) is 9.04. The van der Waals surface area contributed by atoms with Crippen molar-refractivity contribution < 1.29 is 0 Å². The summed E-state index contributed by atoms with van der Waals surface area (Å²) in [5, 5.41) is 0. The lowest BCUT2D eigenvalue weighted by Gasteiger charge is -2.12. The van der Waals surface area contributed by atoms with Crippen molar-refractivity contribution in [2.24, 2.45) is 0 Å². The molecular formula is C23H18N2. The predicted octanol–water partition coefficient (Wildman–Crippen LogP) is 5.79. The van der Waals surface area contributed by atoms with Crippen molar-refractivity contribution in [3.05, 3.63) is 96.8 Å². The van der Waals surface area contributed by atoms with Crippen molar-refractivity contribution in [1.29, 1.82) is 0 Å². The fourth-order valence-corrected chi connectivity index (χ4v) is 3.04. The predicted molar refractivity (Wildman–Crippen MR) is 103 cm³/mol. The van der Waals surface area contributed by atoms with Crippen LogP contribution in [0.1, 0.15) is 5.56 Å². The molecule has 0 atom stereocenters. The highest BCUT2D eigenvalue weighted by Crippen LogP contribution is 2.32. The Morgan fingerprint density at radius 3 is 1.60 bits per heavy atom. The third kappa shape index (κ3) is 3.20. The largest absolute Gasteiger partial charge is 0.256 e. The number of benzene rings is 2. The molecular weight excluding hydrogens is 304 g/mol. The zero-order chi connectivity index (χ0) is 17.1. The molecule has 2 heteroatoms. The van der Waals surface area contributed by atoms with Crippen LogP contribution in [0.5, 0.6) is 0 Å². The van der Waals surface area contributed by atoms with Crippen LogP contribution in [0.4, 0.5) is 0 Å². The Hall–Kier alpha value is -3.26. The SMILES string of the molecule is Cc1ccccc1-c1cc(-c2ccccn2)cc(-c2ccccn2)c1. The Morgan fingerprint density at radius 1 is 0.560 bits per heavy atom. The monoisotopic (exact) mass is 322 g/mol. The molecule has 0 unspecified atom stereocenters. The molecule has 2 nitrogen and oxygen atoms in total. The van der Waals surface area contributed by atoms with E-state index in [2.05, 4.69) is 59.4 Å². The molecule has 0 spiro atoms. The second kappa shape index (κ2) is 6.70. The molecule has 120 valence electrons. The highest BCUT2D eigenvalue weighted by Gasteiger charge is 2.09. The molecule has 2 aromatic carbocycles. The molecule has 0 fully saturated rings. The van der Waals surface area contributed by atoms with Crippen molar-refractivity contribution in [3.63, 3.8) is 0 Å². The summed E-state index contributed by atoms with van der Waals surface area (Å²) in [6, 6.07) is 27.0. The van der Waals surface area contributed by atoms with Crippen LogP contribution in [0.3, 0.4) is 0 Å². The maximum Gasteiger partial charge on any atom is 0.0702 e. The molecule has 4 rings (SSSR count). The van der Waals surface area contributed by atoms with E-state index in [1.165, 1.54) is 16.7 Å². The smallest absolute Gasteiger partial charge is 0.0702 e. The van der Waals surface area contributed by atoms with Gasteiger partial charge < -0.3 is 0 Å². The normalized spacial score (nSPS) is 10.6. The Labute approximate surface area is 147 Å². The number of aryl methyl sites for hydroxylation is 1. The van der Waals surface area contributed by atoms with Crippen LogP contribution >= 0.6 is 0 Å². The first kappa shape index (κ1) is 15.3. The van der Waals surface area contributed by atoms with Gasteiger partial charge in [0.1, 0.15) is 0 Å². The summed E-state index contributed by atoms with van der Waals surface area (Å²) < 4.78 is 0. The number of hydrogen-bond acceptors (Lipinski definition) is 2. The molecule has 0 amide bonds. The van der Waals surface area contributed by atoms with Gasteiger partial charge in [0.15, 0.2) is 0 Å². The van der Waals surface area contributed by atoms with Crippen molar-refractivity contribution in [2.75, 3.05) is 0 Å². The second-order valence-electron chi connectivity index (χ2n) is 6.04. The van der Waals surface area contributed by atoms with Gasteiger partial charge in [-0.1, -0.05) is 36.4 Å². The van der Waals surface area contributed by atoms with Crippen LogP contribution in [-0.2, 0) is 0 Å². The van der Waals surface area contributed by atoms with Gasteiger partial charge in [0.2, 0.25) is 0 Å². The van der Waals surface area contributed by atoms with E-state index >= 15 is 0 Å². The molecule has 2 heterocycles. The molecule has 0 radical (unpaired) electrons. The second-order valence-corrected chi connectivity index (χ2v) is 6.04. The van der Waals surface area contributed by atoms with E-state index in [1.807, 2.05) is 48.8 Å². The molecule has 0 aliphatic rings. The summed E-state index contributed by atoms with van der Waals surface area (Å²) in [5.74, 6) is 0. The van der Waals surface area contributed by atoms with Crippen molar-refractivity contribution in [3.8, 4) is 33.6 Å². The minimum absolute atomic E-state index is 0.968. The highest BCUT2D eigenvalue weighted by atomic mass is 14.7. The quantitative estimate of drug-likeness (QED) is 0.477. The Kier molecular flexibility index (Phi) is 4.09. The zero-order valence-electron chi connectivity index (χ0n) is 14.1. The van der Waals surface area contributed by atoms with E-state index < -0.39 is 0 Å². The maximum atomic E-state index is 4.52.